The van der Waals surface area contributed by atoms with Crippen molar-refractivity contribution in [2.24, 2.45) is 5.14 Å². The minimum atomic E-state index is -3.82. The lowest BCUT2D eigenvalue weighted by Gasteiger charge is -2.08. The zero-order valence-corrected chi connectivity index (χ0v) is 11.3. The predicted molar refractivity (Wildman–Crippen MR) is 70.0 cm³/mol. The van der Waals surface area contributed by atoms with Gasteiger partial charge in [-0.1, -0.05) is 11.6 Å². The molecule has 0 aliphatic carbocycles. The molecule has 8 heteroatoms. The van der Waals surface area contributed by atoms with Gasteiger partial charge in [-0.3, -0.25) is 4.79 Å². The Morgan fingerprint density at radius 1 is 1.44 bits per heavy atom. The van der Waals surface area contributed by atoms with Gasteiger partial charge in [0.1, 0.15) is 0 Å². The van der Waals surface area contributed by atoms with Crippen LogP contribution in [-0.4, -0.2) is 27.9 Å². The van der Waals surface area contributed by atoms with E-state index in [4.69, 9.17) is 16.7 Å². The van der Waals surface area contributed by atoms with Crippen molar-refractivity contribution in [3.63, 3.8) is 0 Å². The van der Waals surface area contributed by atoms with Gasteiger partial charge in [0, 0.05) is 13.0 Å². The van der Waals surface area contributed by atoms with E-state index in [-0.39, 0.29) is 27.9 Å². The molecule has 0 heterocycles. The lowest BCUT2D eigenvalue weighted by atomic mass is 10.3. The van der Waals surface area contributed by atoms with Crippen LogP contribution in [0.5, 0.6) is 0 Å². The zero-order chi connectivity index (χ0) is 13.8. The van der Waals surface area contributed by atoms with Crippen molar-refractivity contribution in [1.82, 2.24) is 5.32 Å². The van der Waals surface area contributed by atoms with Crippen molar-refractivity contribution in [2.75, 3.05) is 18.9 Å². The maximum absolute atomic E-state index is 11.5. The predicted octanol–water partition coefficient (Wildman–Crippen LogP) is 0.535. The summed E-state index contributed by atoms with van der Waals surface area (Å²) in [5.74, 6) is -0.266. The highest BCUT2D eigenvalue weighted by Crippen LogP contribution is 2.24. The Bertz CT molecular complexity index is 545. The second kappa shape index (κ2) is 6.14. The minimum Gasteiger partial charge on any atom is -0.325 e. The summed E-state index contributed by atoms with van der Waals surface area (Å²) in [6.45, 7) is 0.512. The first kappa shape index (κ1) is 14.9. The van der Waals surface area contributed by atoms with Crippen molar-refractivity contribution >= 4 is 33.2 Å². The molecule has 0 aliphatic rings. The first-order valence-electron chi connectivity index (χ1n) is 5.11. The molecule has 18 heavy (non-hydrogen) atoms. The molecule has 0 aromatic heterocycles. The van der Waals surface area contributed by atoms with Crippen LogP contribution in [0.1, 0.15) is 6.42 Å². The van der Waals surface area contributed by atoms with Crippen molar-refractivity contribution in [3.05, 3.63) is 23.2 Å². The molecule has 0 radical (unpaired) electrons. The third-order valence-corrected chi connectivity index (χ3v) is 3.38. The minimum absolute atomic E-state index is 0.101. The van der Waals surface area contributed by atoms with Gasteiger partial charge in [-0.15, -0.1) is 0 Å². The topological polar surface area (TPSA) is 101 Å². The van der Waals surface area contributed by atoms with Crippen LogP contribution in [0.15, 0.2) is 23.1 Å². The van der Waals surface area contributed by atoms with Gasteiger partial charge in [-0.2, -0.15) is 0 Å². The third-order valence-electron chi connectivity index (χ3n) is 2.14. The van der Waals surface area contributed by atoms with E-state index in [1.807, 2.05) is 0 Å². The van der Waals surface area contributed by atoms with Gasteiger partial charge in [0.25, 0.3) is 0 Å². The number of benzene rings is 1. The zero-order valence-electron chi connectivity index (χ0n) is 9.73. The average molecular weight is 292 g/mol. The van der Waals surface area contributed by atoms with E-state index in [0.29, 0.717) is 6.54 Å². The van der Waals surface area contributed by atoms with Gasteiger partial charge in [-0.05, 0) is 25.2 Å². The molecule has 0 bridgehead atoms. The molecular weight excluding hydrogens is 278 g/mol. The van der Waals surface area contributed by atoms with Crippen molar-refractivity contribution in [1.29, 1.82) is 0 Å². The molecule has 1 rings (SSSR count). The monoisotopic (exact) mass is 291 g/mol. The number of rotatable bonds is 5. The van der Waals surface area contributed by atoms with Crippen molar-refractivity contribution in [3.8, 4) is 0 Å². The largest absolute Gasteiger partial charge is 0.325 e. The molecule has 0 atom stereocenters. The molecule has 0 spiro atoms. The molecule has 0 fully saturated rings. The molecule has 100 valence electrons. The Hall–Kier alpha value is -1.15. The van der Waals surface area contributed by atoms with E-state index in [1.54, 1.807) is 7.05 Å². The summed E-state index contributed by atoms with van der Waals surface area (Å²) in [6, 6.07) is 3.88. The number of halogens is 1. The molecule has 4 N–H and O–H groups in total. The summed E-state index contributed by atoms with van der Waals surface area (Å²) in [7, 11) is -2.09. The Morgan fingerprint density at radius 3 is 2.67 bits per heavy atom. The average Bonchev–Trinajstić information content (AvgIpc) is 2.28. The number of primary sulfonamides is 1. The Balaban J connectivity index is 2.92. The third kappa shape index (κ3) is 4.26. The standard InChI is InChI=1S/C10H14ClN3O3S/c1-13-5-4-10(15)14-9-6-7(18(12,16)17)2-3-8(9)11/h2-3,6,13H,4-5H2,1H3,(H,14,15)(H2,12,16,17). The van der Waals surface area contributed by atoms with Gasteiger partial charge < -0.3 is 10.6 Å². The van der Waals surface area contributed by atoms with Crippen LogP contribution in [0, 0.1) is 0 Å². The summed E-state index contributed by atoms with van der Waals surface area (Å²) in [5, 5.41) is 10.6. The summed E-state index contributed by atoms with van der Waals surface area (Å²) in [5.41, 5.74) is 0.226. The van der Waals surface area contributed by atoms with Crippen LogP contribution < -0.4 is 15.8 Å². The van der Waals surface area contributed by atoms with E-state index in [2.05, 4.69) is 10.6 Å². The SMILES string of the molecule is CNCCC(=O)Nc1cc(S(N)(=O)=O)ccc1Cl. The summed E-state index contributed by atoms with van der Waals surface area (Å²) >= 11 is 5.86. The van der Waals surface area contributed by atoms with Crippen LogP contribution >= 0.6 is 11.6 Å². The molecular formula is C10H14ClN3O3S. The van der Waals surface area contributed by atoms with Gasteiger partial charge in [0.15, 0.2) is 0 Å². The number of anilines is 1. The fourth-order valence-corrected chi connectivity index (χ4v) is 1.93. The van der Waals surface area contributed by atoms with Crippen LogP contribution in [-0.2, 0) is 14.8 Å². The first-order chi connectivity index (χ1) is 8.34. The number of hydrogen-bond acceptors (Lipinski definition) is 4. The number of nitrogens with one attached hydrogen (secondary N) is 2. The maximum atomic E-state index is 11.5. The highest BCUT2D eigenvalue weighted by Gasteiger charge is 2.12. The normalized spacial score (nSPS) is 11.3. The molecule has 0 saturated carbocycles. The van der Waals surface area contributed by atoms with Crippen LogP contribution in [0.2, 0.25) is 5.02 Å². The smallest absolute Gasteiger partial charge is 0.238 e. The fourth-order valence-electron chi connectivity index (χ4n) is 1.23. The van der Waals surface area contributed by atoms with Gasteiger partial charge in [-0.25, -0.2) is 13.6 Å². The lowest BCUT2D eigenvalue weighted by Crippen LogP contribution is -2.19. The number of amides is 1. The van der Waals surface area contributed by atoms with E-state index < -0.39 is 10.0 Å². The van der Waals surface area contributed by atoms with Gasteiger partial charge in [0.2, 0.25) is 15.9 Å². The molecule has 0 aliphatic heterocycles. The maximum Gasteiger partial charge on any atom is 0.238 e. The van der Waals surface area contributed by atoms with Crippen molar-refractivity contribution in [2.45, 2.75) is 11.3 Å². The van der Waals surface area contributed by atoms with Crippen molar-refractivity contribution < 1.29 is 13.2 Å². The van der Waals surface area contributed by atoms with Gasteiger partial charge in [0.05, 0.1) is 15.6 Å². The van der Waals surface area contributed by atoms with Crippen LogP contribution in [0.3, 0.4) is 0 Å². The Morgan fingerprint density at radius 2 is 2.11 bits per heavy atom. The van der Waals surface area contributed by atoms with E-state index >= 15 is 0 Å². The van der Waals surface area contributed by atoms with E-state index in [1.165, 1.54) is 18.2 Å². The highest BCUT2D eigenvalue weighted by molar-refractivity contribution is 7.89. The fraction of sp³-hybridized carbons (Fsp3) is 0.300. The highest BCUT2D eigenvalue weighted by atomic mass is 35.5. The van der Waals surface area contributed by atoms with Gasteiger partial charge >= 0.3 is 0 Å². The molecule has 1 amide bonds. The molecule has 0 saturated heterocycles. The van der Waals surface area contributed by atoms with Crippen LogP contribution in [0.25, 0.3) is 0 Å². The second-order valence-corrected chi connectivity index (χ2v) is 5.56. The first-order valence-corrected chi connectivity index (χ1v) is 7.04. The number of sulfonamides is 1. The Kier molecular flexibility index (Phi) is 5.09. The number of nitrogens with two attached hydrogens (primary N) is 1. The summed E-state index contributed by atoms with van der Waals surface area (Å²) in [4.78, 5) is 11.4. The Labute approximate surface area is 111 Å². The lowest BCUT2D eigenvalue weighted by molar-refractivity contribution is -0.116. The molecule has 1 aromatic rings. The number of hydrogen-bond donors (Lipinski definition) is 3. The van der Waals surface area contributed by atoms with E-state index in [0.717, 1.165) is 0 Å². The quantitative estimate of drug-likeness (QED) is 0.737. The second-order valence-electron chi connectivity index (χ2n) is 3.59. The van der Waals surface area contributed by atoms with E-state index in [9.17, 15) is 13.2 Å². The molecule has 1 aromatic carbocycles. The number of carbonyl (C=O) groups excluding carboxylic acids is 1. The molecule has 0 unspecified atom stereocenters. The summed E-state index contributed by atoms with van der Waals surface area (Å²) < 4.78 is 22.3. The molecule has 6 nitrogen and oxygen atoms in total. The number of carbonyl (C=O) groups is 1. The summed E-state index contributed by atoms with van der Waals surface area (Å²) in [6.07, 6.45) is 0.256. The van der Waals surface area contributed by atoms with Crippen LogP contribution in [0.4, 0.5) is 5.69 Å².